The predicted molar refractivity (Wildman–Crippen MR) is 127 cm³/mol. The Morgan fingerprint density at radius 3 is 2.24 bits per heavy atom. The number of aromatic nitrogens is 1. The Labute approximate surface area is 201 Å². The Bertz CT molecular complexity index is 1260. The zero-order valence-corrected chi connectivity index (χ0v) is 20.2. The molecule has 0 spiro atoms. The van der Waals surface area contributed by atoms with Gasteiger partial charge in [-0.2, -0.15) is 13.2 Å². The summed E-state index contributed by atoms with van der Waals surface area (Å²) in [6.07, 6.45) is -3.44. The highest BCUT2D eigenvalue weighted by Crippen LogP contribution is 2.38. The van der Waals surface area contributed by atoms with Gasteiger partial charge in [0.2, 0.25) is 0 Å². The molecule has 0 atom stereocenters. The van der Waals surface area contributed by atoms with Crippen molar-refractivity contribution in [2.24, 2.45) is 0 Å². The summed E-state index contributed by atoms with van der Waals surface area (Å²) < 4.78 is 66.1. The molecule has 10 heteroatoms. The van der Waals surface area contributed by atoms with Crippen molar-refractivity contribution in [2.75, 3.05) is 25.6 Å². The van der Waals surface area contributed by atoms with E-state index in [0.29, 0.717) is 16.1 Å². The second-order valence-corrected chi connectivity index (χ2v) is 10.8. The summed E-state index contributed by atoms with van der Waals surface area (Å²) in [5.41, 5.74) is 0.0593. The van der Waals surface area contributed by atoms with Gasteiger partial charge in [0, 0.05) is 37.0 Å². The minimum atomic E-state index is -4.71. The maximum absolute atomic E-state index is 14.1. The van der Waals surface area contributed by atoms with E-state index < -0.39 is 27.6 Å². The number of rotatable bonds is 8. The molecular formula is C24H24ClF3N2O3S. The molecule has 0 radical (unpaired) electrons. The molecule has 0 N–H and O–H groups in total. The van der Waals surface area contributed by atoms with Crippen LogP contribution in [0.5, 0.6) is 0 Å². The van der Waals surface area contributed by atoms with Gasteiger partial charge in [-0.05, 0) is 35.7 Å². The van der Waals surface area contributed by atoms with Crippen LogP contribution in [0.3, 0.4) is 0 Å². The fraction of sp³-hybridized carbons (Fsp3) is 0.292. The highest BCUT2D eigenvalue weighted by molar-refractivity contribution is 7.90. The molecule has 0 unspecified atom stereocenters. The number of sulfone groups is 1. The SMILES string of the molecule is CN(CCCS(C)(=O)=O)C(=O)c1c(-c2ccc(Cl)cc2)cc(C(F)(F)F)n1Cc1ccccc1. The van der Waals surface area contributed by atoms with Gasteiger partial charge in [0.1, 0.15) is 21.2 Å². The van der Waals surface area contributed by atoms with Crippen molar-refractivity contribution in [2.45, 2.75) is 19.1 Å². The van der Waals surface area contributed by atoms with Gasteiger partial charge in [-0.25, -0.2) is 8.42 Å². The summed E-state index contributed by atoms with van der Waals surface area (Å²) >= 11 is 5.95. The normalized spacial score (nSPS) is 12.1. The summed E-state index contributed by atoms with van der Waals surface area (Å²) in [7, 11) is -1.79. The van der Waals surface area contributed by atoms with Gasteiger partial charge < -0.3 is 9.47 Å². The van der Waals surface area contributed by atoms with Crippen LogP contribution in [0.4, 0.5) is 13.2 Å². The second kappa shape index (κ2) is 10.2. The molecule has 1 heterocycles. The molecule has 0 aliphatic rings. The summed E-state index contributed by atoms with van der Waals surface area (Å²) in [6, 6.07) is 15.7. The minimum Gasteiger partial charge on any atom is -0.340 e. The third kappa shape index (κ3) is 6.42. The van der Waals surface area contributed by atoms with E-state index in [1.165, 1.54) is 11.9 Å². The number of benzene rings is 2. The van der Waals surface area contributed by atoms with Gasteiger partial charge in [-0.1, -0.05) is 54.1 Å². The first-order valence-electron chi connectivity index (χ1n) is 10.4. The lowest BCUT2D eigenvalue weighted by Gasteiger charge is -2.21. The number of alkyl halides is 3. The average Bonchev–Trinajstić information content (AvgIpc) is 3.13. The monoisotopic (exact) mass is 512 g/mol. The van der Waals surface area contributed by atoms with Crippen LogP contribution in [-0.2, 0) is 22.6 Å². The third-order valence-corrected chi connectivity index (χ3v) is 6.57. The number of hydrogen-bond acceptors (Lipinski definition) is 3. The van der Waals surface area contributed by atoms with Gasteiger partial charge in [0.25, 0.3) is 5.91 Å². The molecule has 0 bridgehead atoms. The van der Waals surface area contributed by atoms with Crippen molar-refractivity contribution in [1.82, 2.24) is 9.47 Å². The molecule has 182 valence electrons. The molecule has 0 aliphatic carbocycles. The first-order valence-corrected chi connectivity index (χ1v) is 12.8. The van der Waals surface area contributed by atoms with Crippen molar-refractivity contribution >= 4 is 27.3 Å². The number of halogens is 4. The van der Waals surface area contributed by atoms with Gasteiger partial charge in [-0.15, -0.1) is 0 Å². The van der Waals surface area contributed by atoms with Crippen molar-refractivity contribution < 1.29 is 26.4 Å². The van der Waals surface area contributed by atoms with Crippen LogP contribution in [-0.4, -0.2) is 49.4 Å². The molecule has 0 saturated carbocycles. The zero-order chi connectivity index (χ0) is 25.1. The van der Waals surface area contributed by atoms with E-state index in [-0.39, 0.29) is 36.5 Å². The lowest BCUT2D eigenvalue weighted by atomic mass is 10.0. The van der Waals surface area contributed by atoms with Crippen molar-refractivity contribution in [3.05, 3.63) is 82.6 Å². The third-order valence-electron chi connectivity index (χ3n) is 5.28. The Hall–Kier alpha value is -2.78. The van der Waals surface area contributed by atoms with Gasteiger partial charge in [-0.3, -0.25) is 4.79 Å². The number of carbonyl (C=O) groups is 1. The summed E-state index contributed by atoms with van der Waals surface area (Å²) in [6.45, 7) is -0.0919. The zero-order valence-electron chi connectivity index (χ0n) is 18.6. The van der Waals surface area contributed by atoms with Gasteiger partial charge in [0.15, 0.2) is 0 Å². The van der Waals surface area contributed by atoms with Crippen molar-refractivity contribution in [3.8, 4) is 11.1 Å². The predicted octanol–water partition coefficient (Wildman–Crippen LogP) is 5.38. The van der Waals surface area contributed by atoms with Crippen molar-refractivity contribution in [1.29, 1.82) is 0 Å². The molecule has 0 saturated heterocycles. The Balaban J connectivity index is 2.13. The maximum Gasteiger partial charge on any atom is 0.431 e. The summed E-state index contributed by atoms with van der Waals surface area (Å²) in [5, 5.41) is 0.411. The quantitative estimate of drug-likeness (QED) is 0.407. The molecule has 1 aromatic heterocycles. The van der Waals surface area contributed by atoms with Crippen LogP contribution in [0.15, 0.2) is 60.7 Å². The van der Waals surface area contributed by atoms with E-state index in [4.69, 9.17) is 11.6 Å². The van der Waals surface area contributed by atoms with E-state index in [2.05, 4.69) is 0 Å². The summed E-state index contributed by atoms with van der Waals surface area (Å²) in [5.74, 6) is -0.766. The Morgan fingerprint density at radius 2 is 1.68 bits per heavy atom. The van der Waals surface area contributed by atoms with Gasteiger partial charge in [0.05, 0.1) is 5.75 Å². The summed E-state index contributed by atoms with van der Waals surface area (Å²) in [4.78, 5) is 14.7. The second-order valence-electron chi connectivity index (χ2n) is 8.08. The Kier molecular flexibility index (Phi) is 7.77. The average molecular weight is 513 g/mol. The lowest BCUT2D eigenvalue weighted by molar-refractivity contribution is -0.143. The highest BCUT2D eigenvalue weighted by atomic mass is 35.5. The van der Waals surface area contributed by atoms with Crippen LogP contribution >= 0.6 is 11.6 Å². The molecular weight excluding hydrogens is 489 g/mol. The molecule has 0 aliphatic heterocycles. The van der Waals surface area contributed by atoms with E-state index in [9.17, 15) is 26.4 Å². The van der Waals surface area contributed by atoms with Crippen LogP contribution in [0.25, 0.3) is 11.1 Å². The molecule has 34 heavy (non-hydrogen) atoms. The molecule has 3 rings (SSSR count). The first-order chi connectivity index (χ1) is 15.9. The van der Waals surface area contributed by atoms with Crippen molar-refractivity contribution in [3.63, 3.8) is 0 Å². The van der Waals surface area contributed by atoms with Crippen LogP contribution in [0, 0.1) is 0 Å². The molecule has 3 aromatic rings. The maximum atomic E-state index is 14.1. The smallest absolute Gasteiger partial charge is 0.340 e. The highest BCUT2D eigenvalue weighted by Gasteiger charge is 2.38. The molecule has 0 fully saturated rings. The van der Waals surface area contributed by atoms with Crippen LogP contribution in [0.2, 0.25) is 5.02 Å². The largest absolute Gasteiger partial charge is 0.431 e. The Morgan fingerprint density at radius 1 is 1.06 bits per heavy atom. The fourth-order valence-corrected chi connectivity index (χ4v) is 4.42. The number of nitrogens with zero attached hydrogens (tertiary/aromatic N) is 2. The van der Waals surface area contributed by atoms with E-state index >= 15 is 0 Å². The minimum absolute atomic E-state index is 0.0732. The molecule has 1 amide bonds. The van der Waals surface area contributed by atoms with Crippen LogP contribution < -0.4 is 0 Å². The van der Waals surface area contributed by atoms with Gasteiger partial charge >= 0.3 is 6.18 Å². The first kappa shape index (κ1) is 25.8. The number of carbonyl (C=O) groups excluding carboxylic acids is 1. The van der Waals surface area contributed by atoms with E-state index in [0.717, 1.165) is 16.9 Å². The number of hydrogen-bond donors (Lipinski definition) is 0. The fourth-order valence-electron chi connectivity index (χ4n) is 3.64. The topological polar surface area (TPSA) is 59.4 Å². The standard InChI is InChI=1S/C24H24ClF3N2O3S/c1-29(13-6-14-34(2,32)33)23(31)22-20(18-9-11-19(25)12-10-18)15-21(24(26,27)28)30(22)16-17-7-4-3-5-8-17/h3-5,7-12,15H,6,13-14,16H2,1-2H3. The molecule has 5 nitrogen and oxygen atoms in total. The number of amides is 1. The van der Waals surface area contributed by atoms with E-state index in [1.54, 1.807) is 54.6 Å². The molecule has 2 aromatic carbocycles. The lowest BCUT2D eigenvalue weighted by Crippen LogP contribution is -2.32. The van der Waals surface area contributed by atoms with E-state index in [1.807, 2.05) is 0 Å². The van der Waals surface area contributed by atoms with Crippen LogP contribution in [0.1, 0.15) is 28.2 Å².